The fraction of sp³-hybridized carbons (Fsp3) is 0.410. The maximum absolute atomic E-state index is 14.7. The predicted molar refractivity (Wildman–Crippen MR) is 195 cm³/mol. The molecule has 2 aromatic carbocycles. The molecule has 1 aliphatic carbocycles. The smallest absolute Gasteiger partial charge is 0.246 e. The predicted octanol–water partition coefficient (Wildman–Crippen LogP) is 5.46. The number of H-pyrrole nitrogens is 1. The van der Waals surface area contributed by atoms with Crippen LogP contribution in [0.1, 0.15) is 69.3 Å². The second-order valence-electron chi connectivity index (χ2n) is 13.7. The van der Waals surface area contributed by atoms with Gasteiger partial charge in [-0.2, -0.15) is 0 Å². The van der Waals surface area contributed by atoms with Gasteiger partial charge in [0.15, 0.2) is 0 Å². The molecule has 5 atom stereocenters. The minimum atomic E-state index is -1.60. The van der Waals surface area contributed by atoms with Crippen molar-refractivity contribution >= 4 is 46.1 Å². The van der Waals surface area contributed by atoms with E-state index in [1.165, 1.54) is 30.3 Å². The third-order valence-electron chi connectivity index (χ3n) is 10.2. The van der Waals surface area contributed by atoms with Gasteiger partial charge in [0.05, 0.1) is 17.0 Å². The Bertz CT molecular complexity index is 1940. The fourth-order valence-electron chi connectivity index (χ4n) is 6.66. The quantitative estimate of drug-likeness (QED) is 0.117. The van der Waals surface area contributed by atoms with E-state index in [0.29, 0.717) is 35.7 Å². The first-order chi connectivity index (χ1) is 24.8. The van der Waals surface area contributed by atoms with Crippen LogP contribution in [0, 0.1) is 23.5 Å². The summed E-state index contributed by atoms with van der Waals surface area (Å²) in [7, 11) is 0. The van der Waals surface area contributed by atoms with Crippen LogP contribution in [0.15, 0.2) is 60.9 Å². The van der Waals surface area contributed by atoms with E-state index in [4.69, 9.17) is 11.6 Å². The molecule has 4 aromatic rings. The summed E-state index contributed by atoms with van der Waals surface area (Å²) in [6.07, 6.45) is 4.43. The van der Waals surface area contributed by atoms with Gasteiger partial charge in [-0.3, -0.25) is 24.2 Å². The van der Waals surface area contributed by atoms with Crippen molar-refractivity contribution in [1.29, 1.82) is 0 Å². The van der Waals surface area contributed by atoms with Crippen LogP contribution in [-0.2, 0) is 45.0 Å². The average Bonchev–Trinajstić information content (AvgIpc) is 3.50. The van der Waals surface area contributed by atoms with Gasteiger partial charge in [-0.15, -0.1) is 0 Å². The highest BCUT2D eigenvalue weighted by Gasteiger charge is 2.47. The number of hydrogen-bond acceptors (Lipinski definition) is 5. The first-order valence-corrected chi connectivity index (χ1v) is 18.0. The standard InChI is InChI=1S/C39H45ClF2N6O4/c1-5-22(3)33(36(50)44-21-24-12-15-43-16-13-24)47-38(52)39(14-11-31-28(20-39)27-18-26(41)19-29(40)35(27)45-31)48-37(51)34(23(4)6-2)46-32(49)17-25-9-7-8-10-30(25)42/h7-10,12-13,15-16,18-19,22-23,33-34,45H,5-6,11,14,17,20-21H2,1-4H3,(H,44,50)(H,46,49)(H,47,52)(H,48,51)/t22?,23?,33-,34-,39-/m0/s1. The number of rotatable bonds is 14. The van der Waals surface area contributed by atoms with E-state index >= 15 is 0 Å². The van der Waals surface area contributed by atoms with Crippen molar-refractivity contribution in [2.75, 3.05) is 0 Å². The Hall–Kier alpha value is -4.84. The Morgan fingerprint density at radius 3 is 2.29 bits per heavy atom. The van der Waals surface area contributed by atoms with E-state index in [2.05, 4.69) is 31.2 Å². The molecule has 0 radical (unpaired) electrons. The molecule has 2 aromatic heterocycles. The average molecular weight is 735 g/mol. The molecule has 2 heterocycles. The molecule has 1 aliphatic rings. The highest BCUT2D eigenvalue weighted by atomic mass is 35.5. The van der Waals surface area contributed by atoms with Gasteiger partial charge in [0.2, 0.25) is 23.6 Å². The summed E-state index contributed by atoms with van der Waals surface area (Å²) >= 11 is 6.41. The Morgan fingerprint density at radius 2 is 1.62 bits per heavy atom. The molecule has 0 aliphatic heterocycles. The van der Waals surface area contributed by atoms with Crippen LogP contribution in [0.4, 0.5) is 8.78 Å². The number of aryl methyl sites for hydroxylation is 1. The largest absolute Gasteiger partial charge is 0.357 e. The van der Waals surface area contributed by atoms with Gasteiger partial charge in [0.25, 0.3) is 0 Å². The molecule has 0 bridgehead atoms. The van der Waals surface area contributed by atoms with Gasteiger partial charge in [0, 0.05) is 36.4 Å². The van der Waals surface area contributed by atoms with Crippen LogP contribution >= 0.6 is 11.6 Å². The van der Waals surface area contributed by atoms with E-state index < -0.39 is 52.9 Å². The summed E-state index contributed by atoms with van der Waals surface area (Å²) < 4.78 is 29.1. The van der Waals surface area contributed by atoms with Gasteiger partial charge in [-0.1, -0.05) is 70.3 Å². The minimum Gasteiger partial charge on any atom is -0.357 e. The summed E-state index contributed by atoms with van der Waals surface area (Å²) in [6.45, 7) is 7.66. The summed E-state index contributed by atoms with van der Waals surface area (Å²) in [5, 5.41) is 12.3. The van der Waals surface area contributed by atoms with Crippen LogP contribution < -0.4 is 21.3 Å². The lowest BCUT2D eigenvalue weighted by molar-refractivity contribution is -0.139. The Morgan fingerprint density at radius 1 is 0.942 bits per heavy atom. The third kappa shape index (κ3) is 8.61. The van der Waals surface area contributed by atoms with Gasteiger partial charge in [-0.25, -0.2) is 8.78 Å². The normalized spacial score (nSPS) is 17.7. The van der Waals surface area contributed by atoms with Crippen LogP contribution in [0.5, 0.6) is 0 Å². The fourth-order valence-corrected chi connectivity index (χ4v) is 6.92. The number of nitrogens with zero attached hydrogens (tertiary/aromatic N) is 1. The molecule has 10 nitrogen and oxygen atoms in total. The van der Waals surface area contributed by atoms with Gasteiger partial charge >= 0.3 is 0 Å². The van der Waals surface area contributed by atoms with Crippen molar-refractivity contribution in [2.24, 2.45) is 11.8 Å². The van der Waals surface area contributed by atoms with E-state index in [9.17, 15) is 28.0 Å². The molecule has 13 heteroatoms. The van der Waals surface area contributed by atoms with Crippen LogP contribution in [0.2, 0.25) is 5.02 Å². The number of halogens is 3. The molecule has 0 fully saturated rings. The van der Waals surface area contributed by atoms with Gasteiger partial charge < -0.3 is 26.3 Å². The van der Waals surface area contributed by atoms with Crippen molar-refractivity contribution < 1.29 is 28.0 Å². The van der Waals surface area contributed by atoms with Crippen molar-refractivity contribution in [3.05, 3.63) is 100.0 Å². The number of hydrogen-bond donors (Lipinski definition) is 5. The molecule has 5 N–H and O–H groups in total. The molecule has 4 amide bonds. The number of pyridine rings is 1. The summed E-state index contributed by atoms with van der Waals surface area (Å²) in [6, 6.07) is 10.00. The maximum atomic E-state index is 14.7. The number of fused-ring (bicyclic) bond motifs is 3. The first-order valence-electron chi connectivity index (χ1n) is 17.7. The molecule has 0 saturated carbocycles. The molecule has 0 spiro atoms. The highest BCUT2D eigenvalue weighted by molar-refractivity contribution is 6.35. The second-order valence-corrected chi connectivity index (χ2v) is 14.2. The lowest BCUT2D eigenvalue weighted by Crippen LogP contribution is -2.67. The van der Waals surface area contributed by atoms with Gasteiger partial charge in [-0.05, 0) is 71.7 Å². The Kier molecular flexibility index (Phi) is 12.3. The summed E-state index contributed by atoms with van der Waals surface area (Å²) in [5.74, 6) is -3.88. The minimum absolute atomic E-state index is 0.0397. The van der Waals surface area contributed by atoms with Crippen LogP contribution in [0.3, 0.4) is 0 Å². The van der Waals surface area contributed by atoms with Crippen molar-refractivity contribution in [3.8, 4) is 0 Å². The number of aromatic amines is 1. The zero-order valence-electron chi connectivity index (χ0n) is 29.7. The van der Waals surface area contributed by atoms with Crippen molar-refractivity contribution in [1.82, 2.24) is 31.2 Å². The number of carbonyl (C=O) groups excluding carboxylic acids is 4. The monoisotopic (exact) mass is 734 g/mol. The molecule has 2 unspecified atom stereocenters. The van der Waals surface area contributed by atoms with E-state index in [0.717, 1.165) is 11.3 Å². The van der Waals surface area contributed by atoms with Crippen LogP contribution in [-0.4, -0.2) is 51.2 Å². The van der Waals surface area contributed by atoms with Crippen LogP contribution in [0.25, 0.3) is 10.9 Å². The zero-order chi connectivity index (χ0) is 37.6. The third-order valence-corrected chi connectivity index (χ3v) is 10.5. The molecule has 5 rings (SSSR count). The Balaban J connectivity index is 1.47. The van der Waals surface area contributed by atoms with E-state index in [-0.39, 0.29) is 48.2 Å². The van der Waals surface area contributed by atoms with E-state index in [1.54, 1.807) is 37.5 Å². The number of nitrogens with one attached hydrogen (secondary N) is 5. The van der Waals surface area contributed by atoms with Gasteiger partial charge in [0.1, 0.15) is 29.3 Å². The number of carbonyl (C=O) groups is 4. The topological polar surface area (TPSA) is 145 Å². The molecular weight excluding hydrogens is 690 g/mol. The number of amides is 4. The molecular formula is C39H45ClF2N6O4. The number of benzene rings is 2. The molecule has 276 valence electrons. The maximum Gasteiger partial charge on any atom is 0.246 e. The SMILES string of the molecule is CCC(C)[C@H](NC(=O)Cc1ccccc1F)C(=O)N[C@@]1(C(=O)N[C@H](C(=O)NCc2ccncc2)C(C)CC)CCc2[nH]c3c(Cl)cc(F)cc3c2C1. The van der Waals surface area contributed by atoms with Crippen molar-refractivity contribution in [2.45, 2.75) is 90.4 Å². The lowest BCUT2D eigenvalue weighted by Gasteiger charge is -2.39. The number of aromatic nitrogens is 2. The molecule has 0 saturated heterocycles. The zero-order valence-corrected chi connectivity index (χ0v) is 30.5. The molecule has 52 heavy (non-hydrogen) atoms. The van der Waals surface area contributed by atoms with E-state index in [1.807, 2.05) is 20.8 Å². The lowest BCUT2D eigenvalue weighted by atomic mass is 9.78. The van der Waals surface area contributed by atoms with Crippen molar-refractivity contribution in [3.63, 3.8) is 0 Å². The summed E-state index contributed by atoms with van der Waals surface area (Å²) in [5.41, 5.74) is 1.30. The first kappa shape index (κ1) is 38.4. The summed E-state index contributed by atoms with van der Waals surface area (Å²) in [4.78, 5) is 63.1. The Labute approximate surface area is 306 Å². The second kappa shape index (κ2) is 16.7. The highest BCUT2D eigenvalue weighted by Crippen LogP contribution is 2.37.